The molecule has 124 valence electrons. The molecule has 0 saturated heterocycles. The molecule has 1 aromatic carbocycles. The molecule has 1 aliphatic rings. The molecule has 7 heteroatoms. The number of aryl methyl sites for hydroxylation is 1. The Labute approximate surface area is 139 Å². The highest BCUT2D eigenvalue weighted by Crippen LogP contribution is 2.22. The highest BCUT2D eigenvalue weighted by Gasteiger charge is 2.19. The van der Waals surface area contributed by atoms with Crippen LogP contribution < -0.4 is 5.32 Å². The van der Waals surface area contributed by atoms with E-state index in [-0.39, 0.29) is 5.82 Å². The van der Waals surface area contributed by atoms with Gasteiger partial charge < -0.3 is 9.88 Å². The van der Waals surface area contributed by atoms with Gasteiger partial charge in [0.05, 0.1) is 11.9 Å². The van der Waals surface area contributed by atoms with Crippen molar-refractivity contribution >= 4 is 0 Å². The fourth-order valence-electron chi connectivity index (χ4n) is 3.22. The predicted molar refractivity (Wildman–Crippen MR) is 87.5 cm³/mol. The Morgan fingerprint density at radius 1 is 1.29 bits per heavy atom. The Bertz CT molecular complexity index is 807. The summed E-state index contributed by atoms with van der Waals surface area (Å²) in [5.74, 6) is 1.43. The molecule has 0 radical (unpaired) electrons. The third-order valence-corrected chi connectivity index (χ3v) is 4.53. The first-order chi connectivity index (χ1) is 11.8. The van der Waals surface area contributed by atoms with Crippen LogP contribution in [0.2, 0.25) is 0 Å². The number of aromatic amines is 1. The number of aromatic nitrogens is 5. The van der Waals surface area contributed by atoms with E-state index in [4.69, 9.17) is 0 Å². The molecular weight excluding hydrogens is 307 g/mol. The molecule has 0 amide bonds. The Balaban J connectivity index is 1.36. The second-order valence-electron chi connectivity index (χ2n) is 6.21. The third-order valence-electron chi connectivity index (χ3n) is 4.53. The summed E-state index contributed by atoms with van der Waals surface area (Å²) in [6.07, 6.45) is 5.75. The fraction of sp³-hybridized carbons (Fsp3) is 0.353. The maximum absolute atomic E-state index is 13.1. The number of benzene rings is 1. The lowest BCUT2D eigenvalue weighted by atomic mass is 9.99. The summed E-state index contributed by atoms with van der Waals surface area (Å²) in [7, 11) is 0. The number of H-pyrrole nitrogens is 1. The smallest absolute Gasteiger partial charge is 0.132 e. The minimum atomic E-state index is -0.233. The molecule has 24 heavy (non-hydrogen) atoms. The van der Waals surface area contributed by atoms with Crippen LogP contribution in [-0.2, 0) is 19.5 Å². The van der Waals surface area contributed by atoms with Gasteiger partial charge in [-0.1, -0.05) is 0 Å². The Kier molecular flexibility index (Phi) is 4.08. The van der Waals surface area contributed by atoms with E-state index in [1.165, 1.54) is 12.1 Å². The number of rotatable bonds is 5. The summed E-state index contributed by atoms with van der Waals surface area (Å²) in [4.78, 5) is 0. The molecule has 0 aliphatic carbocycles. The largest absolute Gasteiger partial charge is 0.317 e. The maximum Gasteiger partial charge on any atom is 0.132 e. The number of hydrogen-bond acceptors (Lipinski definition) is 4. The Morgan fingerprint density at radius 2 is 2.17 bits per heavy atom. The lowest BCUT2D eigenvalue weighted by Gasteiger charge is -2.23. The second-order valence-corrected chi connectivity index (χ2v) is 6.21. The van der Waals surface area contributed by atoms with Crippen LogP contribution in [0.4, 0.5) is 4.39 Å². The summed E-state index contributed by atoms with van der Waals surface area (Å²) < 4.78 is 15.2. The molecule has 4 rings (SSSR count). The number of hydrogen-bond donors (Lipinski definition) is 2. The summed E-state index contributed by atoms with van der Waals surface area (Å²) >= 11 is 0. The fourth-order valence-corrected chi connectivity index (χ4v) is 3.22. The van der Waals surface area contributed by atoms with Crippen LogP contribution in [0.3, 0.4) is 0 Å². The van der Waals surface area contributed by atoms with Crippen molar-refractivity contribution in [2.45, 2.75) is 25.9 Å². The SMILES string of the molecule is Fc1ccc(-c2[nH]ncc2CNC[C@H]2CCc3nncn3C2)cc1. The number of halogens is 1. The van der Waals surface area contributed by atoms with E-state index >= 15 is 0 Å². The average molecular weight is 326 g/mol. The van der Waals surface area contributed by atoms with Crippen molar-refractivity contribution in [3.63, 3.8) is 0 Å². The topological polar surface area (TPSA) is 71.4 Å². The molecule has 3 aromatic rings. The van der Waals surface area contributed by atoms with Crippen molar-refractivity contribution < 1.29 is 4.39 Å². The van der Waals surface area contributed by atoms with Gasteiger partial charge in [0, 0.05) is 30.6 Å². The van der Waals surface area contributed by atoms with E-state index in [2.05, 4.69) is 30.3 Å². The molecule has 0 bridgehead atoms. The molecule has 3 heterocycles. The first-order valence-corrected chi connectivity index (χ1v) is 8.15. The molecule has 0 unspecified atom stereocenters. The van der Waals surface area contributed by atoms with Crippen LogP contribution >= 0.6 is 0 Å². The van der Waals surface area contributed by atoms with Crippen molar-refractivity contribution in [3.8, 4) is 11.3 Å². The van der Waals surface area contributed by atoms with Gasteiger partial charge in [-0.2, -0.15) is 5.10 Å². The first kappa shape index (κ1) is 15.0. The van der Waals surface area contributed by atoms with Crippen LogP contribution in [0.1, 0.15) is 17.8 Å². The zero-order valence-corrected chi connectivity index (χ0v) is 13.2. The van der Waals surface area contributed by atoms with Gasteiger partial charge in [0.2, 0.25) is 0 Å². The van der Waals surface area contributed by atoms with Crippen LogP contribution in [-0.4, -0.2) is 31.5 Å². The molecule has 2 N–H and O–H groups in total. The van der Waals surface area contributed by atoms with E-state index in [0.29, 0.717) is 5.92 Å². The molecule has 1 atom stereocenters. The summed E-state index contributed by atoms with van der Waals surface area (Å²) in [5.41, 5.74) is 2.96. The zero-order valence-electron chi connectivity index (χ0n) is 13.2. The van der Waals surface area contributed by atoms with Gasteiger partial charge in [-0.25, -0.2) is 4.39 Å². The zero-order chi connectivity index (χ0) is 16.4. The van der Waals surface area contributed by atoms with Gasteiger partial charge in [0.25, 0.3) is 0 Å². The van der Waals surface area contributed by atoms with E-state index in [9.17, 15) is 4.39 Å². The van der Waals surface area contributed by atoms with Gasteiger partial charge >= 0.3 is 0 Å². The lowest BCUT2D eigenvalue weighted by Crippen LogP contribution is -2.29. The summed E-state index contributed by atoms with van der Waals surface area (Å²) in [6, 6.07) is 6.46. The van der Waals surface area contributed by atoms with Crippen molar-refractivity contribution in [1.29, 1.82) is 0 Å². The lowest BCUT2D eigenvalue weighted by molar-refractivity contribution is 0.347. The van der Waals surface area contributed by atoms with Gasteiger partial charge in [-0.15, -0.1) is 10.2 Å². The van der Waals surface area contributed by atoms with Crippen LogP contribution in [0.15, 0.2) is 36.8 Å². The van der Waals surface area contributed by atoms with Crippen molar-refractivity contribution in [2.24, 2.45) is 5.92 Å². The first-order valence-electron chi connectivity index (χ1n) is 8.15. The number of nitrogens with one attached hydrogen (secondary N) is 2. The van der Waals surface area contributed by atoms with Crippen LogP contribution in [0, 0.1) is 11.7 Å². The molecule has 0 fully saturated rings. The van der Waals surface area contributed by atoms with E-state index in [1.807, 2.05) is 12.5 Å². The highest BCUT2D eigenvalue weighted by molar-refractivity contribution is 5.62. The standard InChI is InChI=1S/C17H19FN6/c18-15-4-2-13(3-5-15)17-14(9-20-23-17)8-19-7-12-1-6-16-22-21-11-24(16)10-12/h2-5,9,11-12,19H,1,6-8,10H2,(H,20,23)/t12-/m1/s1. The number of fused-ring (bicyclic) bond motifs is 1. The van der Waals surface area contributed by atoms with E-state index < -0.39 is 0 Å². The molecule has 0 saturated carbocycles. The van der Waals surface area contributed by atoms with E-state index in [0.717, 1.165) is 55.1 Å². The molecule has 2 aromatic heterocycles. The van der Waals surface area contributed by atoms with Gasteiger partial charge in [0.15, 0.2) is 0 Å². The van der Waals surface area contributed by atoms with Crippen LogP contribution in [0.25, 0.3) is 11.3 Å². The van der Waals surface area contributed by atoms with Crippen LogP contribution in [0.5, 0.6) is 0 Å². The highest BCUT2D eigenvalue weighted by atomic mass is 19.1. The van der Waals surface area contributed by atoms with Gasteiger partial charge in [0.1, 0.15) is 18.0 Å². The van der Waals surface area contributed by atoms with E-state index in [1.54, 1.807) is 12.1 Å². The minimum absolute atomic E-state index is 0.233. The molecular formula is C17H19FN6. The monoisotopic (exact) mass is 326 g/mol. The predicted octanol–water partition coefficient (Wildman–Crippen LogP) is 2.16. The van der Waals surface area contributed by atoms with Gasteiger partial charge in [-0.05, 0) is 43.1 Å². The van der Waals surface area contributed by atoms with Gasteiger partial charge in [-0.3, -0.25) is 5.10 Å². The second kappa shape index (κ2) is 6.52. The summed E-state index contributed by atoms with van der Waals surface area (Å²) in [6.45, 7) is 2.63. The minimum Gasteiger partial charge on any atom is -0.317 e. The third kappa shape index (κ3) is 3.07. The molecule has 0 spiro atoms. The Morgan fingerprint density at radius 3 is 3.04 bits per heavy atom. The quantitative estimate of drug-likeness (QED) is 0.754. The summed E-state index contributed by atoms with van der Waals surface area (Å²) in [5, 5.41) is 18.7. The van der Waals surface area contributed by atoms with Crippen molar-refractivity contribution in [3.05, 3.63) is 54.0 Å². The number of nitrogens with zero attached hydrogens (tertiary/aromatic N) is 4. The molecule has 6 nitrogen and oxygen atoms in total. The van der Waals surface area contributed by atoms with Crippen molar-refractivity contribution in [2.75, 3.05) is 6.54 Å². The van der Waals surface area contributed by atoms with Crippen molar-refractivity contribution in [1.82, 2.24) is 30.3 Å². The Hall–Kier alpha value is -2.54. The normalized spacial score (nSPS) is 17.0. The average Bonchev–Trinajstić information content (AvgIpc) is 3.24. The molecule has 1 aliphatic heterocycles. The maximum atomic E-state index is 13.1.